The van der Waals surface area contributed by atoms with Gasteiger partial charge in [-0.3, -0.25) is 4.99 Å². The van der Waals surface area contributed by atoms with Crippen molar-refractivity contribution in [3.05, 3.63) is 35.5 Å². The molecule has 0 aromatic rings. The maximum atomic E-state index is 4.18. The predicted octanol–water partition coefficient (Wildman–Crippen LogP) is 3.55. The lowest BCUT2D eigenvalue weighted by Crippen LogP contribution is -1.96. The van der Waals surface area contributed by atoms with Crippen LogP contribution >= 0.6 is 0 Å². The van der Waals surface area contributed by atoms with Crippen LogP contribution in [0, 0.1) is 0 Å². The van der Waals surface area contributed by atoms with Gasteiger partial charge < -0.3 is 0 Å². The van der Waals surface area contributed by atoms with Gasteiger partial charge >= 0.3 is 0 Å². The SMILES string of the molecule is C\C=C/C(C)=C(/C=C\C)C(C)=NC. The van der Waals surface area contributed by atoms with Crippen LogP contribution in [0.3, 0.4) is 0 Å². The summed E-state index contributed by atoms with van der Waals surface area (Å²) in [5.41, 5.74) is 3.54. The Hall–Kier alpha value is -1.11. The number of allylic oxidation sites excluding steroid dienone is 6. The summed E-state index contributed by atoms with van der Waals surface area (Å²) in [6, 6.07) is 0. The van der Waals surface area contributed by atoms with Crippen LogP contribution in [-0.4, -0.2) is 12.8 Å². The third-order valence-electron chi connectivity index (χ3n) is 1.90. The van der Waals surface area contributed by atoms with Gasteiger partial charge in [0.25, 0.3) is 0 Å². The number of aliphatic imine (C=N–C) groups is 1. The Kier molecular flexibility index (Phi) is 5.86. The highest BCUT2D eigenvalue weighted by atomic mass is 14.7. The van der Waals surface area contributed by atoms with Crippen LogP contribution in [0.1, 0.15) is 27.7 Å². The van der Waals surface area contributed by atoms with E-state index in [9.17, 15) is 0 Å². The molecule has 13 heavy (non-hydrogen) atoms. The third kappa shape index (κ3) is 3.88. The number of nitrogens with zero attached hydrogens (tertiary/aromatic N) is 1. The van der Waals surface area contributed by atoms with E-state index in [1.54, 1.807) is 0 Å². The molecule has 0 heterocycles. The van der Waals surface area contributed by atoms with Crippen LogP contribution < -0.4 is 0 Å². The number of hydrogen-bond donors (Lipinski definition) is 0. The summed E-state index contributed by atoms with van der Waals surface area (Å²) in [6.45, 7) is 8.17. The quantitative estimate of drug-likeness (QED) is 0.462. The van der Waals surface area contributed by atoms with Crippen molar-refractivity contribution >= 4 is 5.71 Å². The molecule has 0 saturated carbocycles. The minimum Gasteiger partial charge on any atom is -0.293 e. The Morgan fingerprint density at radius 1 is 1.00 bits per heavy atom. The molecule has 0 bridgehead atoms. The van der Waals surface area contributed by atoms with Gasteiger partial charge in [0, 0.05) is 12.8 Å². The van der Waals surface area contributed by atoms with Crippen molar-refractivity contribution in [2.24, 2.45) is 4.99 Å². The fourth-order valence-electron chi connectivity index (χ4n) is 1.16. The van der Waals surface area contributed by atoms with Gasteiger partial charge in [-0.05, 0) is 38.8 Å². The summed E-state index contributed by atoms with van der Waals surface area (Å²) in [7, 11) is 1.82. The van der Waals surface area contributed by atoms with Gasteiger partial charge in [-0.2, -0.15) is 0 Å². The van der Waals surface area contributed by atoms with Gasteiger partial charge in [0.1, 0.15) is 0 Å². The fraction of sp³-hybridized carbons (Fsp3) is 0.417. The number of rotatable bonds is 3. The van der Waals surface area contributed by atoms with E-state index in [0.717, 1.165) is 5.71 Å². The Morgan fingerprint density at radius 2 is 1.54 bits per heavy atom. The third-order valence-corrected chi connectivity index (χ3v) is 1.90. The lowest BCUT2D eigenvalue weighted by atomic mass is 10.0. The second-order valence-electron chi connectivity index (χ2n) is 2.91. The van der Waals surface area contributed by atoms with E-state index in [1.165, 1.54) is 11.1 Å². The van der Waals surface area contributed by atoms with Gasteiger partial charge in [0.2, 0.25) is 0 Å². The molecule has 0 saturated heterocycles. The zero-order chi connectivity index (χ0) is 10.3. The minimum atomic E-state index is 1.08. The zero-order valence-corrected chi connectivity index (χ0v) is 9.26. The van der Waals surface area contributed by atoms with Gasteiger partial charge in [0.05, 0.1) is 0 Å². The van der Waals surface area contributed by atoms with Gasteiger partial charge in [-0.1, -0.05) is 24.3 Å². The van der Waals surface area contributed by atoms with Gasteiger partial charge in [0.15, 0.2) is 0 Å². The molecule has 0 radical (unpaired) electrons. The molecule has 0 aromatic heterocycles. The average Bonchev–Trinajstić information content (AvgIpc) is 2.13. The summed E-state index contributed by atoms with van der Waals surface area (Å²) in [4.78, 5) is 4.18. The Bertz CT molecular complexity index is 265. The second kappa shape index (κ2) is 6.41. The largest absolute Gasteiger partial charge is 0.293 e. The Balaban J connectivity index is 5.11. The molecule has 0 N–H and O–H groups in total. The summed E-state index contributed by atoms with van der Waals surface area (Å²) < 4.78 is 0. The molecule has 72 valence electrons. The molecular weight excluding hydrogens is 158 g/mol. The molecule has 1 heteroatoms. The molecule has 0 atom stereocenters. The van der Waals surface area contributed by atoms with E-state index in [0.29, 0.717) is 0 Å². The van der Waals surface area contributed by atoms with E-state index in [4.69, 9.17) is 0 Å². The Morgan fingerprint density at radius 3 is 1.92 bits per heavy atom. The first-order valence-corrected chi connectivity index (χ1v) is 4.57. The first-order valence-electron chi connectivity index (χ1n) is 4.57. The standard InChI is InChI=1S/C12H19N/c1-6-8-10(3)12(9-7-2)11(4)13-5/h6-9H,1-5H3/b8-6-,9-7-,12-10-,13-11?. The van der Waals surface area contributed by atoms with Crippen molar-refractivity contribution in [1.82, 2.24) is 0 Å². The zero-order valence-electron chi connectivity index (χ0n) is 9.26. The molecule has 0 fully saturated rings. The van der Waals surface area contributed by atoms with Crippen LogP contribution in [0.25, 0.3) is 0 Å². The molecule has 0 amide bonds. The molecule has 0 spiro atoms. The topological polar surface area (TPSA) is 12.4 Å². The highest BCUT2D eigenvalue weighted by Gasteiger charge is 1.98. The molecule has 0 aliphatic heterocycles. The fourth-order valence-corrected chi connectivity index (χ4v) is 1.16. The van der Waals surface area contributed by atoms with E-state index < -0.39 is 0 Å². The lowest BCUT2D eigenvalue weighted by molar-refractivity contribution is 1.38. The maximum Gasteiger partial charge on any atom is 0.0388 e. The van der Waals surface area contributed by atoms with E-state index >= 15 is 0 Å². The van der Waals surface area contributed by atoms with Crippen LogP contribution in [0.5, 0.6) is 0 Å². The monoisotopic (exact) mass is 177 g/mol. The highest BCUT2D eigenvalue weighted by Crippen LogP contribution is 2.09. The van der Waals surface area contributed by atoms with Crippen LogP contribution in [0.2, 0.25) is 0 Å². The lowest BCUT2D eigenvalue weighted by Gasteiger charge is -2.03. The van der Waals surface area contributed by atoms with E-state index in [2.05, 4.69) is 24.1 Å². The molecule has 0 aliphatic carbocycles. The molecule has 1 nitrogen and oxygen atoms in total. The average molecular weight is 177 g/mol. The summed E-state index contributed by atoms with van der Waals surface area (Å²) in [6.07, 6.45) is 8.28. The van der Waals surface area contributed by atoms with Gasteiger partial charge in [-0.25, -0.2) is 0 Å². The van der Waals surface area contributed by atoms with Crippen molar-refractivity contribution in [3.63, 3.8) is 0 Å². The van der Waals surface area contributed by atoms with Crippen molar-refractivity contribution in [2.45, 2.75) is 27.7 Å². The van der Waals surface area contributed by atoms with E-state index in [1.807, 2.05) is 40.0 Å². The van der Waals surface area contributed by atoms with Crippen molar-refractivity contribution in [2.75, 3.05) is 7.05 Å². The van der Waals surface area contributed by atoms with Crippen LogP contribution in [-0.2, 0) is 0 Å². The predicted molar refractivity (Wildman–Crippen MR) is 61.4 cm³/mol. The van der Waals surface area contributed by atoms with Gasteiger partial charge in [-0.15, -0.1) is 0 Å². The first-order chi connectivity index (χ1) is 6.17. The summed E-state index contributed by atoms with van der Waals surface area (Å²) >= 11 is 0. The smallest absolute Gasteiger partial charge is 0.0388 e. The van der Waals surface area contributed by atoms with Crippen molar-refractivity contribution in [3.8, 4) is 0 Å². The molecule has 0 rings (SSSR count). The first kappa shape index (κ1) is 11.9. The minimum absolute atomic E-state index is 1.08. The normalized spacial score (nSPS) is 15.6. The summed E-state index contributed by atoms with van der Waals surface area (Å²) in [5.74, 6) is 0. The van der Waals surface area contributed by atoms with Crippen molar-refractivity contribution in [1.29, 1.82) is 0 Å². The number of hydrogen-bond acceptors (Lipinski definition) is 1. The van der Waals surface area contributed by atoms with Crippen LogP contribution in [0.15, 0.2) is 40.4 Å². The van der Waals surface area contributed by atoms with E-state index in [-0.39, 0.29) is 0 Å². The molecule has 0 unspecified atom stereocenters. The second-order valence-corrected chi connectivity index (χ2v) is 2.91. The maximum absolute atomic E-state index is 4.18. The van der Waals surface area contributed by atoms with Crippen molar-refractivity contribution < 1.29 is 0 Å². The molecule has 0 aromatic carbocycles. The molecule has 0 aliphatic rings. The summed E-state index contributed by atoms with van der Waals surface area (Å²) in [5, 5.41) is 0. The van der Waals surface area contributed by atoms with Crippen LogP contribution in [0.4, 0.5) is 0 Å². The Labute approximate surface area is 81.6 Å². The molecular formula is C12H19N. The highest BCUT2D eigenvalue weighted by molar-refractivity contribution is 6.01.